The van der Waals surface area contributed by atoms with Crippen molar-refractivity contribution in [3.63, 3.8) is 0 Å². The second kappa shape index (κ2) is 10.4. The standard InChI is InChI=1S/C26H31N5/c1-30(19-23-13-11-21-7-3-5-9-25(21)28-23)17-15-27-16-18-31(2)20-24-14-12-22-8-4-6-10-26(22)29-24/h3-14,27H,15-20H2,1-2H3. The Bertz CT molecular complexity index is 1040. The van der Waals surface area contributed by atoms with Gasteiger partial charge in [-0.3, -0.25) is 19.8 Å². The van der Waals surface area contributed by atoms with Crippen LogP contribution in [0.2, 0.25) is 0 Å². The molecule has 0 saturated heterocycles. The monoisotopic (exact) mass is 413 g/mol. The van der Waals surface area contributed by atoms with Crippen molar-refractivity contribution in [1.29, 1.82) is 0 Å². The molecule has 0 bridgehead atoms. The molecule has 2 aromatic heterocycles. The molecular weight excluding hydrogens is 382 g/mol. The number of hydrogen-bond donors (Lipinski definition) is 1. The van der Waals surface area contributed by atoms with Crippen molar-refractivity contribution in [3.05, 3.63) is 84.2 Å². The zero-order chi connectivity index (χ0) is 21.5. The summed E-state index contributed by atoms with van der Waals surface area (Å²) in [6.07, 6.45) is 0. The summed E-state index contributed by atoms with van der Waals surface area (Å²) in [7, 11) is 4.30. The number of pyridine rings is 2. The molecule has 2 heterocycles. The second-order valence-corrected chi connectivity index (χ2v) is 8.22. The Morgan fingerprint density at radius 1 is 0.613 bits per heavy atom. The Balaban J connectivity index is 1.15. The van der Waals surface area contributed by atoms with Crippen LogP contribution in [0.25, 0.3) is 21.8 Å². The Labute approximate surface area is 184 Å². The van der Waals surface area contributed by atoms with Crippen LogP contribution in [0.1, 0.15) is 11.4 Å². The van der Waals surface area contributed by atoms with Gasteiger partial charge in [-0.15, -0.1) is 0 Å². The van der Waals surface area contributed by atoms with Crippen molar-refractivity contribution in [1.82, 2.24) is 25.1 Å². The van der Waals surface area contributed by atoms with Crippen LogP contribution in [0, 0.1) is 0 Å². The van der Waals surface area contributed by atoms with Gasteiger partial charge >= 0.3 is 0 Å². The summed E-state index contributed by atoms with van der Waals surface area (Å²) >= 11 is 0. The van der Waals surface area contributed by atoms with Gasteiger partial charge in [-0.25, -0.2) is 0 Å². The minimum Gasteiger partial charge on any atom is -0.314 e. The van der Waals surface area contributed by atoms with Crippen molar-refractivity contribution < 1.29 is 0 Å². The fourth-order valence-corrected chi connectivity index (χ4v) is 3.77. The molecule has 0 aliphatic heterocycles. The van der Waals surface area contributed by atoms with Gasteiger partial charge < -0.3 is 5.32 Å². The van der Waals surface area contributed by atoms with E-state index in [2.05, 4.69) is 89.9 Å². The first-order chi connectivity index (χ1) is 15.2. The second-order valence-electron chi connectivity index (χ2n) is 8.22. The van der Waals surface area contributed by atoms with Crippen molar-refractivity contribution in [3.8, 4) is 0 Å². The summed E-state index contributed by atoms with van der Waals surface area (Å²) in [6.45, 7) is 5.63. The molecule has 160 valence electrons. The quantitative estimate of drug-likeness (QED) is 0.399. The van der Waals surface area contributed by atoms with E-state index < -0.39 is 0 Å². The van der Waals surface area contributed by atoms with Gasteiger partial charge in [0.05, 0.1) is 22.4 Å². The summed E-state index contributed by atoms with van der Waals surface area (Å²) in [6, 6.07) is 25.1. The van der Waals surface area contributed by atoms with Crippen molar-refractivity contribution >= 4 is 21.8 Å². The van der Waals surface area contributed by atoms with E-state index in [9.17, 15) is 0 Å². The first-order valence-corrected chi connectivity index (χ1v) is 10.9. The van der Waals surface area contributed by atoms with Crippen LogP contribution >= 0.6 is 0 Å². The lowest BCUT2D eigenvalue weighted by Gasteiger charge is -2.19. The van der Waals surface area contributed by atoms with Crippen LogP contribution in [-0.4, -0.2) is 60.0 Å². The van der Waals surface area contributed by atoms with Gasteiger partial charge in [0.15, 0.2) is 0 Å². The molecule has 31 heavy (non-hydrogen) atoms. The van der Waals surface area contributed by atoms with Crippen LogP contribution in [0.3, 0.4) is 0 Å². The highest BCUT2D eigenvalue weighted by molar-refractivity contribution is 5.79. The summed E-state index contributed by atoms with van der Waals surface area (Å²) in [4.78, 5) is 14.2. The molecule has 0 atom stereocenters. The molecule has 0 amide bonds. The smallest absolute Gasteiger partial charge is 0.0705 e. The molecule has 0 aliphatic rings. The molecule has 0 radical (unpaired) electrons. The average molecular weight is 414 g/mol. The van der Waals surface area contributed by atoms with Gasteiger partial charge in [0, 0.05) is 50.0 Å². The summed E-state index contributed by atoms with van der Waals surface area (Å²) in [5.41, 5.74) is 4.36. The van der Waals surface area contributed by atoms with Gasteiger partial charge in [-0.1, -0.05) is 48.5 Å². The Hall–Kier alpha value is -2.86. The molecule has 2 aromatic carbocycles. The summed E-state index contributed by atoms with van der Waals surface area (Å²) < 4.78 is 0. The Morgan fingerprint density at radius 2 is 1.06 bits per heavy atom. The van der Waals surface area contributed by atoms with Gasteiger partial charge in [0.1, 0.15) is 0 Å². The van der Waals surface area contributed by atoms with E-state index in [1.807, 2.05) is 12.1 Å². The van der Waals surface area contributed by atoms with Gasteiger partial charge in [-0.05, 0) is 38.4 Å². The number of fused-ring (bicyclic) bond motifs is 2. The molecule has 0 saturated carbocycles. The summed E-state index contributed by atoms with van der Waals surface area (Å²) in [5, 5.41) is 5.94. The summed E-state index contributed by atoms with van der Waals surface area (Å²) in [5.74, 6) is 0. The molecule has 5 heteroatoms. The Morgan fingerprint density at radius 3 is 1.55 bits per heavy atom. The third kappa shape index (κ3) is 6.07. The molecule has 0 unspecified atom stereocenters. The minimum absolute atomic E-state index is 0.861. The van der Waals surface area contributed by atoms with Crippen LogP contribution in [-0.2, 0) is 13.1 Å². The van der Waals surface area contributed by atoms with Crippen LogP contribution < -0.4 is 5.32 Å². The Kier molecular flexibility index (Phi) is 7.20. The zero-order valence-electron chi connectivity index (χ0n) is 18.5. The number of likely N-dealkylation sites (N-methyl/N-ethyl adjacent to an activating group) is 2. The van der Waals surface area contributed by atoms with Crippen molar-refractivity contribution in [2.45, 2.75) is 13.1 Å². The predicted molar refractivity (Wildman–Crippen MR) is 129 cm³/mol. The van der Waals surface area contributed by atoms with Gasteiger partial charge in [0.2, 0.25) is 0 Å². The lowest BCUT2D eigenvalue weighted by atomic mass is 10.2. The lowest BCUT2D eigenvalue weighted by molar-refractivity contribution is 0.300. The number of nitrogens with zero attached hydrogens (tertiary/aromatic N) is 4. The number of rotatable bonds is 10. The first kappa shape index (κ1) is 21.4. The minimum atomic E-state index is 0.861. The molecule has 5 nitrogen and oxygen atoms in total. The van der Waals surface area contributed by atoms with E-state index in [4.69, 9.17) is 9.97 Å². The number of para-hydroxylation sites is 2. The van der Waals surface area contributed by atoms with Gasteiger partial charge in [-0.2, -0.15) is 0 Å². The van der Waals surface area contributed by atoms with E-state index >= 15 is 0 Å². The van der Waals surface area contributed by atoms with E-state index in [-0.39, 0.29) is 0 Å². The molecular formula is C26H31N5. The third-order valence-corrected chi connectivity index (χ3v) is 5.52. The van der Waals surface area contributed by atoms with E-state index in [0.717, 1.165) is 61.7 Å². The lowest BCUT2D eigenvalue weighted by Crippen LogP contribution is -2.34. The molecule has 0 fully saturated rings. The maximum Gasteiger partial charge on any atom is 0.0705 e. The highest BCUT2D eigenvalue weighted by Crippen LogP contribution is 2.13. The van der Waals surface area contributed by atoms with Crippen LogP contribution in [0.15, 0.2) is 72.8 Å². The van der Waals surface area contributed by atoms with E-state index in [1.54, 1.807) is 0 Å². The fourth-order valence-electron chi connectivity index (χ4n) is 3.77. The molecule has 1 N–H and O–H groups in total. The highest BCUT2D eigenvalue weighted by atomic mass is 15.1. The molecule has 0 spiro atoms. The third-order valence-electron chi connectivity index (χ3n) is 5.52. The largest absolute Gasteiger partial charge is 0.314 e. The fraction of sp³-hybridized carbons (Fsp3) is 0.308. The SMILES string of the molecule is CN(CCNCCN(C)Cc1ccc2ccccc2n1)Cc1ccc2ccccc2n1. The highest BCUT2D eigenvalue weighted by Gasteiger charge is 2.05. The van der Waals surface area contributed by atoms with Crippen LogP contribution in [0.5, 0.6) is 0 Å². The average Bonchev–Trinajstić information content (AvgIpc) is 2.78. The molecule has 4 aromatic rings. The van der Waals surface area contributed by atoms with Crippen LogP contribution in [0.4, 0.5) is 0 Å². The number of hydrogen-bond acceptors (Lipinski definition) is 5. The molecule has 4 rings (SSSR count). The van der Waals surface area contributed by atoms with Crippen molar-refractivity contribution in [2.75, 3.05) is 40.3 Å². The topological polar surface area (TPSA) is 44.3 Å². The van der Waals surface area contributed by atoms with E-state index in [0.29, 0.717) is 0 Å². The predicted octanol–water partition coefficient (Wildman–Crippen LogP) is 3.94. The molecule has 0 aliphatic carbocycles. The van der Waals surface area contributed by atoms with Gasteiger partial charge in [0.25, 0.3) is 0 Å². The number of aromatic nitrogens is 2. The zero-order valence-corrected chi connectivity index (χ0v) is 18.5. The normalized spacial score (nSPS) is 11.7. The number of benzene rings is 2. The first-order valence-electron chi connectivity index (χ1n) is 10.9. The maximum atomic E-state index is 4.77. The number of nitrogens with one attached hydrogen (secondary N) is 1. The van der Waals surface area contributed by atoms with E-state index in [1.165, 1.54) is 10.8 Å². The van der Waals surface area contributed by atoms with Crippen molar-refractivity contribution in [2.24, 2.45) is 0 Å². The maximum absolute atomic E-state index is 4.77.